The van der Waals surface area contributed by atoms with Crippen molar-refractivity contribution in [3.63, 3.8) is 0 Å². The standard InChI is InChI=1S/C17H26N2O2/c1-3-21-17(20)13-9-10-16(14(18)11-13)19-15-8-6-4-5-7-12(15)2/h9-12,15,19H,3-8,18H2,1-2H3. The molecule has 1 fully saturated rings. The summed E-state index contributed by atoms with van der Waals surface area (Å²) in [6, 6.07) is 5.82. The maximum atomic E-state index is 11.7. The van der Waals surface area contributed by atoms with Crippen LogP contribution in [0.1, 0.15) is 56.3 Å². The van der Waals surface area contributed by atoms with Gasteiger partial charge in [-0.15, -0.1) is 0 Å². The first kappa shape index (κ1) is 15.7. The van der Waals surface area contributed by atoms with Gasteiger partial charge >= 0.3 is 5.97 Å². The predicted molar refractivity (Wildman–Crippen MR) is 86.5 cm³/mol. The van der Waals surface area contributed by atoms with Crippen LogP contribution in [0.3, 0.4) is 0 Å². The van der Waals surface area contributed by atoms with Crippen LogP contribution in [-0.4, -0.2) is 18.6 Å². The summed E-state index contributed by atoms with van der Waals surface area (Å²) < 4.78 is 4.99. The van der Waals surface area contributed by atoms with Gasteiger partial charge in [0, 0.05) is 6.04 Å². The van der Waals surface area contributed by atoms with Gasteiger partial charge in [0.15, 0.2) is 0 Å². The van der Waals surface area contributed by atoms with Crippen molar-refractivity contribution in [1.82, 2.24) is 0 Å². The lowest BCUT2D eigenvalue weighted by molar-refractivity contribution is 0.0526. The third-order valence-corrected chi connectivity index (χ3v) is 4.27. The number of nitrogen functional groups attached to an aromatic ring is 1. The second-order valence-electron chi connectivity index (χ2n) is 5.89. The summed E-state index contributed by atoms with van der Waals surface area (Å²) in [4.78, 5) is 11.7. The van der Waals surface area contributed by atoms with Gasteiger partial charge in [-0.25, -0.2) is 4.79 Å². The number of ether oxygens (including phenoxy) is 1. The first-order valence-electron chi connectivity index (χ1n) is 7.95. The minimum atomic E-state index is -0.321. The fourth-order valence-corrected chi connectivity index (χ4v) is 2.94. The molecular formula is C17H26N2O2. The number of carbonyl (C=O) groups excluding carboxylic acids is 1. The molecule has 0 saturated heterocycles. The van der Waals surface area contributed by atoms with E-state index in [1.807, 2.05) is 6.07 Å². The Labute approximate surface area is 127 Å². The quantitative estimate of drug-likeness (QED) is 0.502. The van der Waals surface area contributed by atoms with Gasteiger partial charge in [0.2, 0.25) is 0 Å². The average molecular weight is 290 g/mol. The van der Waals surface area contributed by atoms with Crippen LogP contribution in [0.25, 0.3) is 0 Å². The molecule has 0 aromatic heterocycles. The number of hydrogen-bond donors (Lipinski definition) is 2. The molecule has 1 aromatic carbocycles. The maximum Gasteiger partial charge on any atom is 0.338 e. The van der Waals surface area contributed by atoms with Crippen LogP contribution in [0.2, 0.25) is 0 Å². The smallest absolute Gasteiger partial charge is 0.338 e. The van der Waals surface area contributed by atoms with E-state index < -0.39 is 0 Å². The Morgan fingerprint density at radius 1 is 1.33 bits per heavy atom. The van der Waals surface area contributed by atoms with E-state index in [1.54, 1.807) is 19.1 Å². The zero-order chi connectivity index (χ0) is 15.2. The highest BCUT2D eigenvalue weighted by atomic mass is 16.5. The Kier molecular flexibility index (Phi) is 5.48. The summed E-state index contributed by atoms with van der Waals surface area (Å²) in [6.45, 7) is 4.47. The largest absolute Gasteiger partial charge is 0.462 e. The highest BCUT2D eigenvalue weighted by molar-refractivity contribution is 5.91. The molecule has 1 aliphatic carbocycles. The molecule has 21 heavy (non-hydrogen) atoms. The topological polar surface area (TPSA) is 64.3 Å². The van der Waals surface area contributed by atoms with Crippen LogP contribution in [-0.2, 0) is 4.74 Å². The molecule has 0 aliphatic heterocycles. The van der Waals surface area contributed by atoms with Gasteiger partial charge in [0.1, 0.15) is 0 Å². The summed E-state index contributed by atoms with van der Waals surface area (Å²) in [5.74, 6) is 0.329. The van der Waals surface area contributed by atoms with E-state index in [-0.39, 0.29) is 5.97 Å². The lowest BCUT2D eigenvalue weighted by atomic mass is 9.96. The minimum Gasteiger partial charge on any atom is -0.462 e. The molecule has 4 nitrogen and oxygen atoms in total. The predicted octanol–water partition coefficient (Wildman–Crippen LogP) is 3.83. The fourth-order valence-electron chi connectivity index (χ4n) is 2.94. The minimum absolute atomic E-state index is 0.321. The second-order valence-corrected chi connectivity index (χ2v) is 5.89. The number of carbonyl (C=O) groups is 1. The number of rotatable bonds is 4. The van der Waals surface area contributed by atoms with Crippen LogP contribution in [0.15, 0.2) is 18.2 Å². The van der Waals surface area contributed by atoms with Gasteiger partial charge in [-0.05, 0) is 43.9 Å². The summed E-state index contributed by atoms with van der Waals surface area (Å²) in [5, 5.41) is 3.56. The van der Waals surface area contributed by atoms with Crippen molar-refractivity contribution >= 4 is 17.3 Å². The lowest BCUT2D eigenvalue weighted by Crippen LogP contribution is -2.26. The van der Waals surface area contributed by atoms with Crippen LogP contribution in [0, 0.1) is 5.92 Å². The summed E-state index contributed by atoms with van der Waals surface area (Å²) >= 11 is 0. The first-order valence-corrected chi connectivity index (χ1v) is 7.95. The second kappa shape index (κ2) is 7.34. The van der Waals surface area contributed by atoms with E-state index in [1.165, 1.54) is 32.1 Å². The molecule has 0 heterocycles. The van der Waals surface area contributed by atoms with Crippen molar-refractivity contribution in [2.24, 2.45) is 5.92 Å². The van der Waals surface area contributed by atoms with Crippen molar-refractivity contribution in [2.75, 3.05) is 17.7 Å². The van der Waals surface area contributed by atoms with Crippen molar-refractivity contribution in [1.29, 1.82) is 0 Å². The van der Waals surface area contributed by atoms with E-state index in [9.17, 15) is 4.79 Å². The third-order valence-electron chi connectivity index (χ3n) is 4.27. The Morgan fingerprint density at radius 2 is 2.10 bits per heavy atom. The summed E-state index contributed by atoms with van der Waals surface area (Å²) in [6.07, 6.45) is 6.35. The van der Waals surface area contributed by atoms with Gasteiger partial charge in [0.25, 0.3) is 0 Å². The molecule has 0 bridgehead atoms. The van der Waals surface area contributed by atoms with Gasteiger partial charge in [-0.3, -0.25) is 0 Å². The molecular weight excluding hydrogens is 264 g/mol. The molecule has 0 radical (unpaired) electrons. The monoisotopic (exact) mass is 290 g/mol. The highest BCUT2D eigenvalue weighted by Gasteiger charge is 2.20. The first-order chi connectivity index (χ1) is 10.1. The van der Waals surface area contributed by atoms with Crippen LogP contribution in [0.5, 0.6) is 0 Å². The molecule has 1 aliphatic rings. The Bertz CT molecular complexity index is 488. The molecule has 3 N–H and O–H groups in total. The Balaban J connectivity index is 2.08. The number of esters is 1. The Hall–Kier alpha value is -1.71. The van der Waals surface area contributed by atoms with Gasteiger partial charge in [0.05, 0.1) is 23.5 Å². The molecule has 1 saturated carbocycles. The molecule has 2 rings (SSSR count). The SMILES string of the molecule is CCOC(=O)c1ccc(NC2CCCCCC2C)c(N)c1. The Morgan fingerprint density at radius 3 is 2.81 bits per heavy atom. The number of nitrogens with one attached hydrogen (secondary N) is 1. The van der Waals surface area contributed by atoms with E-state index in [0.29, 0.717) is 29.8 Å². The molecule has 0 spiro atoms. The molecule has 2 atom stereocenters. The van der Waals surface area contributed by atoms with Crippen molar-refractivity contribution in [2.45, 2.75) is 52.0 Å². The van der Waals surface area contributed by atoms with Crippen molar-refractivity contribution < 1.29 is 9.53 Å². The van der Waals surface area contributed by atoms with Crippen LogP contribution >= 0.6 is 0 Å². The molecule has 0 amide bonds. The van der Waals surface area contributed by atoms with E-state index in [0.717, 1.165) is 5.69 Å². The van der Waals surface area contributed by atoms with Gasteiger partial charge < -0.3 is 15.8 Å². The lowest BCUT2D eigenvalue weighted by Gasteiger charge is -2.25. The number of nitrogens with two attached hydrogens (primary N) is 1. The fraction of sp³-hybridized carbons (Fsp3) is 0.588. The highest BCUT2D eigenvalue weighted by Crippen LogP contribution is 2.28. The van der Waals surface area contributed by atoms with E-state index >= 15 is 0 Å². The summed E-state index contributed by atoms with van der Waals surface area (Å²) in [7, 11) is 0. The van der Waals surface area contributed by atoms with Crippen LogP contribution < -0.4 is 11.1 Å². The zero-order valence-electron chi connectivity index (χ0n) is 13.0. The van der Waals surface area contributed by atoms with Crippen molar-refractivity contribution in [3.05, 3.63) is 23.8 Å². The molecule has 1 aromatic rings. The maximum absolute atomic E-state index is 11.7. The molecule has 116 valence electrons. The molecule has 2 unspecified atom stereocenters. The summed E-state index contributed by atoms with van der Waals surface area (Å²) in [5.41, 5.74) is 8.12. The van der Waals surface area contributed by atoms with Gasteiger partial charge in [-0.1, -0.05) is 26.2 Å². The average Bonchev–Trinajstić information content (AvgIpc) is 2.66. The third kappa shape index (κ3) is 4.13. The van der Waals surface area contributed by atoms with Crippen LogP contribution in [0.4, 0.5) is 11.4 Å². The van der Waals surface area contributed by atoms with Crippen molar-refractivity contribution in [3.8, 4) is 0 Å². The normalized spacial score (nSPS) is 22.4. The molecule has 4 heteroatoms. The number of hydrogen-bond acceptors (Lipinski definition) is 4. The van der Waals surface area contributed by atoms with Gasteiger partial charge in [-0.2, -0.15) is 0 Å². The number of anilines is 2. The zero-order valence-corrected chi connectivity index (χ0v) is 13.0. The van der Waals surface area contributed by atoms with E-state index in [2.05, 4.69) is 12.2 Å². The van der Waals surface area contributed by atoms with E-state index in [4.69, 9.17) is 10.5 Å². The number of benzene rings is 1.